The first-order chi connectivity index (χ1) is 12.3. The second-order valence-corrected chi connectivity index (χ2v) is 8.07. The molecule has 0 aliphatic heterocycles. The molecule has 0 aliphatic carbocycles. The van der Waals surface area contributed by atoms with Crippen molar-refractivity contribution in [2.75, 3.05) is 17.1 Å². The van der Waals surface area contributed by atoms with Crippen molar-refractivity contribution in [1.29, 1.82) is 0 Å². The maximum absolute atomic E-state index is 12.3. The predicted molar refractivity (Wildman–Crippen MR) is 103 cm³/mol. The highest BCUT2D eigenvalue weighted by molar-refractivity contribution is 7.92. The van der Waals surface area contributed by atoms with E-state index in [0.717, 1.165) is 23.1 Å². The minimum Gasteiger partial charge on any atom is -0.352 e. The smallest absolute Gasteiger partial charge is 0.232 e. The second kappa shape index (κ2) is 8.80. The molecule has 26 heavy (non-hydrogen) atoms. The maximum Gasteiger partial charge on any atom is 0.232 e. The first-order valence-corrected chi connectivity index (χ1v) is 10.4. The maximum atomic E-state index is 12.3. The summed E-state index contributed by atoms with van der Waals surface area (Å²) in [6.07, 6.45) is 5.33. The number of carbonyl (C=O) groups is 1. The molecule has 0 atom stereocenters. The molecule has 7 heteroatoms. The van der Waals surface area contributed by atoms with E-state index in [9.17, 15) is 13.2 Å². The molecule has 0 saturated heterocycles. The van der Waals surface area contributed by atoms with E-state index in [1.165, 1.54) is 10.6 Å². The minimum absolute atomic E-state index is 0.0881. The van der Waals surface area contributed by atoms with E-state index in [2.05, 4.69) is 10.3 Å². The van der Waals surface area contributed by atoms with Gasteiger partial charge < -0.3 is 5.32 Å². The van der Waals surface area contributed by atoms with Gasteiger partial charge in [-0.05, 0) is 36.1 Å². The summed E-state index contributed by atoms with van der Waals surface area (Å²) in [5.41, 5.74) is 3.40. The molecule has 2 aromatic rings. The minimum atomic E-state index is -3.49. The summed E-state index contributed by atoms with van der Waals surface area (Å²) in [5, 5.41) is 2.80. The van der Waals surface area contributed by atoms with Crippen LogP contribution in [0, 0.1) is 6.92 Å². The fourth-order valence-corrected chi connectivity index (χ4v) is 3.82. The van der Waals surface area contributed by atoms with Gasteiger partial charge in [0.2, 0.25) is 15.9 Å². The molecular weight excluding hydrogens is 350 g/mol. The fraction of sp³-hybridized carbons (Fsp3) is 0.368. The Labute approximate surface area is 155 Å². The molecule has 0 spiro atoms. The van der Waals surface area contributed by atoms with Crippen LogP contribution < -0.4 is 9.62 Å². The monoisotopic (exact) mass is 375 g/mol. The molecular formula is C19H25N3O3S. The Balaban J connectivity index is 2.09. The number of pyridine rings is 1. The van der Waals surface area contributed by atoms with Crippen LogP contribution in [0.15, 0.2) is 42.7 Å². The van der Waals surface area contributed by atoms with Crippen molar-refractivity contribution in [2.24, 2.45) is 0 Å². The lowest BCUT2D eigenvalue weighted by atomic mass is 10.1. The van der Waals surface area contributed by atoms with Gasteiger partial charge in [0.1, 0.15) is 0 Å². The van der Waals surface area contributed by atoms with Gasteiger partial charge in [-0.15, -0.1) is 0 Å². The number of sulfonamides is 1. The second-order valence-electron chi connectivity index (χ2n) is 6.16. The number of aromatic nitrogens is 1. The Hall–Kier alpha value is -2.41. The van der Waals surface area contributed by atoms with Crippen molar-refractivity contribution in [1.82, 2.24) is 10.3 Å². The molecule has 0 bridgehead atoms. The zero-order valence-electron chi connectivity index (χ0n) is 15.4. The SMILES string of the molecule is CCc1cccc(C)c1N(CCC(=O)NCc1cccnc1)S(C)(=O)=O. The van der Waals surface area contributed by atoms with Crippen LogP contribution in [0.2, 0.25) is 0 Å². The first-order valence-electron chi connectivity index (χ1n) is 8.54. The zero-order chi connectivity index (χ0) is 19.2. The highest BCUT2D eigenvalue weighted by Gasteiger charge is 2.22. The third kappa shape index (κ3) is 5.29. The molecule has 0 saturated carbocycles. The summed E-state index contributed by atoms with van der Waals surface area (Å²) in [4.78, 5) is 16.2. The molecule has 1 aromatic carbocycles. The Morgan fingerprint density at radius 3 is 2.62 bits per heavy atom. The van der Waals surface area contributed by atoms with Crippen molar-refractivity contribution < 1.29 is 13.2 Å². The number of benzene rings is 1. The van der Waals surface area contributed by atoms with E-state index in [0.29, 0.717) is 12.2 Å². The molecule has 0 aliphatic rings. The van der Waals surface area contributed by atoms with Crippen molar-refractivity contribution in [3.63, 3.8) is 0 Å². The summed E-state index contributed by atoms with van der Waals surface area (Å²) in [7, 11) is -3.49. The van der Waals surface area contributed by atoms with Crippen LogP contribution in [0.4, 0.5) is 5.69 Å². The number of rotatable bonds is 8. The fourth-order valence-electron chi connectivity index (χ4n) is 2.80. The van der Waals surface area contributed by atoms with E-state index in [1.54, 1.807) is 18.5 Å². The molecule has 0 fully saturated rings. The molecule has 1 N–H and O–H groups in total. The molecule has 1 amide bonds. The van der Waals surface area contributed by atoms with Gasteiger partial charge in [0.05, 0.1) is 11.9 Å². The third-order valence-electron chi connectivity index (χ3n) is 4.11. The van der Waals surface area contributed by atoms with Gasteiger partial charge in [0, 0.05) is 31.9 Å². The zero-order valence-corrected chi connectivity index (χ0v) is 16.2. The third-order valence-corrected chi connectivity index (χ3v) is 5.27. The molecule has 1 heterocycles. The van der Waals surface area contributed by atoms with Crippen LogP contribution in [0.3, 0.4) is 0 Å². The topological polar surface area (TPSA) is 79.4 Å². The molecule has 0 unspecified atom stereocenters. The van der Waals surface area contributed by atoms with Crippen LogP contribution in [-0.4, -0.2) is 32.1 Å². The summed E-state index contributed by atoms with van der Waals surface area (Å²) in [6.45, 7) is 4.35. The number of anilines is 1. The number of hydrogen-bond acceptors (Lipinski definition) is 4. The Bertz CT molecular complexity index is 852. The van der Waals surface area contributed by atoms with Gasteiger partial charge in [-0.2, -0.15) is 0 Å². The van der Waals surface area contributed by atoms with Crippen LogP contribution >= 0.6 is 0 Å². The number of nitrogens with zero attached hydrogens (tertiary/aromatic N) is 2. The van der Waals surface area contributed by atoms with Crippen LogP contribution in [0.25, 0.3) is 0 Å². The van der Waals surface area contributed by atoms with E-state index in [-0.39, 0.29) is 18.9 Å². The van der Waals surface area contributed by atoms with Crippen LogP contribution in [-0.2, 0) is 27.8 Å². The van der Waals surface area contributed by atoms with Crippen molar-refractivity contribution >= 4 is 21.6 Å². The number of para-hydroxylation sites is 1. The number of carbonyl (C=O) groups excluding carboxylic acids is 1. The van der Waals surface area contributed by atoms with Crippen LogP contribution in [0.1, 0.15) is 30.0 Å². The lowest BCUT2D eigenvalue weighted by Gasteiger charge is -2.26. The lowest BCUT2D eigenvalue weighted by molar-refractivity contribution is -0.121. The van der Waals surface area contributed by atoms with Crippen molar-refractivity contribution in [2.45, 2.75) is 33.2 Å². The lowest BCUT2D eigenvalue weighted by Crippen LogP contribution is -2.35. The molecule has 6 nitrogen and oxygen atoms in total. The summed E-state index contributed by atoms with van der Waals surface area (Å²) in [6, 6.07) is 9.39. The number of hydrogen-bond donors (Lipinski definition) is 1. The normalized spacial score (nSPS) is 11.2. The van der Waals surface area contributed by atoms with Gasteiger partial charge >= 0.3 is 0 Å². The van der Waals surface area contributed by atoms with Crippen LogP contribution in [0.5, 0.6) is 0 Å². The molecule has 0 radical (unpaired) electrons. The highest BCUT2D eigenvalue weighted by atomic mass is 32.2. The quantitative estimate of drug-likeness (QED) is 0.768. The molecule has 140 valence electrons. The molecule has 2 rings (SSSR count). The summed E-state index contributed by atoms with van der Waals surface area (Å²) >= 11 is 0. The van der Waals surface area contributed by atoms with E-state index in [1.807, 2.05) is 38.1 Å². The van der Waals surface area contributed by atoms with Crippen molar-refractivity contribution in [3.05, 3.63) is 59.4 Å². The number of nitrogens with one attached hydrogen (secondary N) is 1. The Morgan fingerprint density at radius 1 is 1.23 bits per heavy atom. The Kier molecular flexibility index (Phi) is 6.74. The van der Waals surface area contributed by atoms with E-state index in [4.69, 9.17) is 0 Å². The first kappa shape index (κ1) is 19.9. The van der Waals surface area contributed by atoms with E-state index < -0.39 is 10.0 Å². The van der Waals surface area contributed by atoms with Crippen molar-refractivity contribution in [3.8, 4) is 0 Å². The average molecular weight is 375 g/mol. The predicted octanol–water partition coefficient (Wildman–Crippen LogP) is 2.42. The number of amides is 1. The van der Waals surface area contributed by atoms with Gasteiger partial charge in [-0.25, -0.2) is 8.42 Å². The van der Waals surface area contributed by atoms with E-state index >= 15 is 0 Å². The average Bonchev–Trinajstić information content (AvgIpc) is 2.61. The molecule has 1 aromatic heterocycles. The standard InChI is InChI=1S/C19H25N3O3S/c1-4-17-9-5-7-15(2)19(17)22(26(3,24)25)12-10-18(23)21-14-16-8-6-11-20-13-16/h5-9,11,13H,4,10,12,14H2,1-3H3,(H,21,23). The largest absolute Gasteiger partial charge is 0.352 e. The van der Waals surface area contributed by atoms with Gasteiger partial charge in [-0.3, -0.25) is 14.1 Å². The van der Waals surface area contributed by atoms with Gasteiger partial charge in [0.25, 0.3) is 0 Å². The summed E-state index contributed by atoms with van der Waals surface area (Å²) in [5.74, 6) is -0.200. The van der Waals surface area contributed by atoms with Gasteiger partial charge in [-0.1, -0.05) is 31.2 Å². The number of aryl methyl sites for hydroxylation is 2. The highest BCUT2D eigenvalue weighted by Crippen LogP contribution is 2.28. The van der Waals surface area contributed by atoms with Gasteiger partial charge in [0.15, 0.2) is 0 Å². The Morgan fingerprint density at radius 2 is 2.00 bits per heavy atom. The summed E-state index contributed by atoms with van der Waals surface area (Å²) < 4.78 is 26.0.